The molecule has 0 spiro atoms. The molecule has 4 heteroatoms. The lowest BCUT2D eigenvalue weighted by Crippen LogP contribution is -2.39. The second kappa shape index (κ2) is 6.80. The highest BCUT2D eigenvalue weighted by atomic mass is 32.1. The molecule has 1 aliphatic heterocycles. The molecule has 0 aliphatic carbocycles. The number of likely N-dealkylation sites (tertiary alicyclic amines) is 1. The van der Waals surface area contributed by atoms with E-state index in [-0.39, 0.29) is 0 Å². The van der Waals surface area contributed by atoms with Crippen molar-refractivity contribution < 1.29 is 0 Å². The number of piperidine rings is 1. The first-order valence-electron chi connectivity index (χ1n) is 8.19. The fourth-order valence-corrected chi connectivity index (χ4v) is 4.08. The van der Waals surface area contributed by atoms with Crippen LogP contribution in [0.25, 0.3) is 11.3 Å². The molecule has 2 atom stereocenters. The molecule has 2 N–H and O–H groups in total. The fraction of sp³-hybridized carbons (Fsp3) is 0.500. The average molecular weight is 315 g/mol. The number of nitrogens with zero attached hydrogens (tertiary/aromatic N) is 2. The van der Waals surface area contributed by atoms with E-state index in [1.165, 1.54) is 30.8 Å². The second-order valence-electron chi connectivity index (χ2n) is 6.44. The SMILES string of the molecule is CC(CN1CCCCC1C)c1nc(-c2cccc(N)c2)cs1. The highest BCUT2D eigenvalue weighted by Crippen LogP contribution is 2.29. The van der Waals surface area contributed by atoms with Crippen molar-refractivity contribution in [2.24, 2.45) is 0 Å². The molecule has 1 aromatic heterocycles. The van der Waals surface area contributed by atoms with Crippen LogP contribution in [0, 0.1) is 0 Å². The van der Waals surface area contributed by atoms with E-state index < -0.39 is 0 Å². The zero-order chi connectivity index (χ0) is 15.5. The summed E-state index contributed by atoms with van der Waals surface area (Å²) in [7, 11) is 0. The van der Waals surface area contributed by atoms with Gasteiger partial charge in [-0.1, -0.05) is 25.5 Å². The van der Waals surface area contributed by atoms with Gasteiger partial charge in [0.15, 0.2) is 0 Å². The first-order valence-corrected chi connectivity index (χ1v) is 9.07. The van der Waals surface area contributed by atoms with E-state index in [0.717, 1.165) is 23.5 Å². The third kappa shape index (κ3) is 3.50. The number of hydrogen-bond acceptors (Lipinski definition) is 4. The molecule has 0 radical (unpaired) electrons. The number of nitrogen functional groups attached to an aromatic ring is 1. The molecule has 22 heavy (non-hydrogen) atoms. The number of rotatable bonds is 4. The van der Waals surface area contributed by atoms with Crippen molar-refractivity contribution in [2.75, 3.05) is 18.8 Å². The number of nitrogens with two attached hydrogens (primary N) is 1. The smallest absolute Gasteiger partial charge is 0.0973 e. The lowest BCUT2D eigenvalue weighted by Gasteiger charge is -2.34. The molecule has 0 saturated carbocycles. The van der Waals surface area contributed by atoms with E-state index in [2.05, 4.69) is 30.2 Å². The topological polar surface area (TPSA) is 42.2 Å². The summed E-state index contributed by atoms with van der Waals surface area (Å²) in [6.07, 6.45) is 4.05. The Morgan fingerprint density at radius 2 is 2.27 bits per heavy atom. The summed E-state index contributed by atoms with van der Waals surface area (Å²) in [5, 5.41) is 3.38. The maximum atomic E-state index is 5.87. The monoisotopic (exact) mass is 315 g/mol. The van der Waals surface area contributed by atoms with Gasteiger partial charge in [0.05, 0.1) is 10.7 Å². The van der Waals surface area contributed by atoms with Gasteiger partial charge in [0.25, 0.3) is 0 Å². The summed E-state index contributed by atoms with van der Waals surface area (Å²) in [6.45, 7) is 7.00. The third-order valence-corrected chi connectivity index (χ3v) is 5.65. The largest absolute Gasteiger partial charge is 0.399 e. The Balaban J connectivity index is 1.70. The van der Waals surface area contributed by atoms with Crippen LogP contribution >= 0.6 is 11.3 Å². The van der Waals surface area contributed by atoms with Gasteiger partial charge in [0.2, 0.25) is 0 Å². The summed E-state index contributed by atoms with van der Waals surface area (Å²) in [4.78, 5) is 7.47. The predicted octanol–water partition coefficient (Wildman–Crippen LogP) is 4.37. The van der Waals surface area contributed by atoms with Crippen molar-refractivity contribution in [3.8, 4) is 11.3 Å². The molecule has 0 bridgehead atoms. The van der Waals surface area contributed by atoms with Gasteiger partial charge in [-0.15, -0.1) is 11.3 Å². The molecular weight excluding hydrogens is 290 g/mol. The van der Waals surface area contributed by atoms with Crippen LogP contribution in [0.2, 0.25) is 0 Å². The zero-order valence-corrected chi connectivity index (χ0v) is 14.3. The van der Waals surface area contributed by atoms with Crippen molar-refractivity contribution in [3.63, 3.8) is 0 Å². The Hall–Kier alpha value is -1.39. The van der Waals surface area contributed by atoms with Crippen molar-refractivity contribution >= 4 is 17.0 Å². The maximum Gasteiger partial charge on any atom is 0.0973 e. The molecule has 1 saturated heterocycles. The van der Waals surface area contributed by atoms with E-state index in [9.17, 15) is 0 Å². The van der Waals surface area contributed by atoms with Crippen LogP contribution in [-0.2, 0) is 0 Å². The van der Waals surface area contributed by atoms with Crippen LogP contribution in [0.5, 0.6) is 0 Å². The Morgan fingerprint density at radius 3 is 3.05 bits per heavy atom. The Kier molecular flexibility index (Phi) is 4.79. The Labute approximate surface area is 137 Å². The highest BCUT2D eigenvalue weighted by molar-refractivity contribution is 7.10. The van der Waals surface area contributed by atoms with Crippen LogP contribution < -0.4 is 5.73 Å². The van der Waals surface area contributed by atoms with Gasteiger partial charge >= 0.3 is 0 Å². The maximum absolute atomic E-state index is 5.87. The normalized spacial score (nSPS) is 20.9. The molecule has 1 fully saturated rings. The summed E-state index contributed by atoms with van der Waals surface area (Å²) >= 11 is 1.77. The number of hydrogen-bond donors (Lipinski definition) is 1. The fourth-order valence-electron chi connectivity index (χ4n) is 3.20. The first-order chi connectivity index (χ1) is 10.6. The third-order valence-electron chi connectivity index (χ3n) is 4.57. The number of thiazole rings is 1. The standard InChI is InChI=1S/C18H25N3S/c1-13(11-21-9-4-3-6-14(21)2)18-20-17(12-22-18)15-7-5-8-16(19)10-15/h5,7-8,10,12-14H,3-4,6,9,11,19H2,1-2H3. The van der Waals surface area contributed by atoms with Gasteiger partial charge in [0.1, 0.15) is 0 Å². The van der Waals surface area contributed by atoms with Gasteiger partial charge in [-0.2, -0.15) is 0 Å². The van der Waals surface area contributed by atoms with E-state index in [4.69, 9.17) is 10.7 Å². The van der Waals surface area contributed by atoms with Gasteiger partial charge in [0, 0.05) is 35.1 Å². The van der Waals surface area contributed by atoms with Crippen molar-refractivity contribution in [1.29, 1.82) is 0 Å². The van der Waals surface area contributed by atoms with E-state index in [0.29, 0.717) is 12.0 Å². The van der Waals surface area contributed by atoms with E-state index in [1.807, 2.05) is 18.2 Å². The predicted molar refractivity (Wildman–Crippen MR) is 95.3 cm³/mol. The van der Waals surface area contributed by atoms with Crippen LogP contribution in [-0.4, -0.2) is 29.0 Å². The number of aromatic nitrogens is 1. The van der Waals surface area contributed by atoms with E-state index in [1.54, 1.807) is 11.3 Å². The molecule has 0 amide bonds. The summed E-state index contributed by atoms with van der Waals surface area (Å²) < 4.78 is 0. The minimum Gasteiger partial charge on any atom is -0.399 e. The molecule has 3 rings (SSSR count). The molecular formula is C18H25N3S. The van der Waals surface area contributed by atoms with Crippen molar-refractivity contribution in [3.05, 3.63) is 34.7 Å². The quantitative estimate of drug-likeness (QED) is 0.852. The number of anilines is 1. The minimum atomic E-state index is 0.486. The Morgan fingerprint density at radius 1 is 1.41 bits per heavy atom. The van der Waals surface area contributed by atoms with Gasteiger partial charge < -0.3 is 5.73 Å². The van der Waals surface area contributed by atoms with Crippen LogP contribution in [0.15, 0.2) is 29.6 Å². The van der Waals surface area contributed by atoms with Crippen LogP contribution in [0.1, 0.15) is 44.0 Å². The molecule has 2 aromatic rings. The zero-order valence-electron chi connectivity index (χ0n) is 13.5. The molecule has 2 unspecified atom stereocenters. The molecule has 1 aromatic carbocycles. The minimum absolute atomic E-state index is 0.486. The first kappa shape index (κ1) is 15.5. The summed E-state index contributed by atoms with van der Waals surface area (Å²) in [5.41, 5.74) is 8.82. The lowest BCUT2D eigenvalue weighted by molar-refractivity contribution is 0.153. The lowest BCUT2D eigenvalue weighted by atomic mass is 10.0. The van der Waals surface area contributed by atoms with Gasteiger partial charge in [-0.3, -0.25) is 4.90 Å². The molecule has 2 heterocycles. The summed E-state index contributed by atoms with van der Waals surface area (Å²) in [5.74, 6) is 0.486. The van der Waals surface area contributed by atoms with Gasteiger partial charge in [-0.25, -0.2) is 4.98 Å². The van der Waals surface area contributed by atoms with E-state index >= 15 is 0 Å². The second-order valence-corrected chi connectivity index (χ2v) is 7.33. The van der Waals surface area contributed by atoms with Crippen LogP contribution in [0.3, 0.4) is 0 Å². The number of benzene rings is 1. The van der Waals surface area contributed by atoms with Crippen molar-refractivity contribution in [1.82, 2.24) is 9.88 Å². The average Bonchev–Trinajstić information content (AvgIpc) is 2.99. The highest BCUT2D eigenvalue weighted by Gasteiger charge is 2.22. The Bertz CT molecular complexity index is 622. The molecule has 118 valence electrons. The molecule has 1 aliphatic rings. The van der Waals surface area contributed by atoms with Crippen molar-refractivity contribution in [2.45, 2.75) is 45.1 Å². The molecule has 3 nitrogen and oxygen atoms in total. The summed E-state index contributed by atoms with van der Waals surface area (Å²) in [6, 6.07) is 8.69. The van der Waals surface area contributed by atoms with Crippen LogP contribution in [0.4, 0.5) is 5.69 Å². The van der Waals surface area contributed by atoms with Gasteiger partial charge in [-0.05, 0) is 38.4 Å².